The second-order valence-electron chi connectivity index (χ2n) is 4.16. The van der Waals surface area contributed by atoms with Crippen LogP contribution in [0.3, 0.4) is 0 Å². The Balaban J connectivity index is 2.11. The fourth-order valence-electron chi connectivity index (χ4n) is 1.70. The fraction of sp³-hybridized carbons (Fsp3) is 0.0714. The molecule has 0 aromatic heterocycles. The molecule has 0 aliphatic heterocycles. The molecule has 0 spiro atoms. The highest BCUT2D eigenvalue weighted by molar-refractivity contribution is 9.10. The zero-order valence-corrected chi connectivity index (χ0v) is 12.8. The summed E-state index contributed by atoms with van der Waals surface area (Å²) in [6, 6.07) is 13.2. The molecule has 0 unspecified atom stereocenters. The van der Waals surface area contributed by atoms with Crippen LogP contribution in [0, 0.1) is 0 Å². The van der Waals surface area contributed by atoms with Gasteiger partial charge in [-0.2, -0.15) is 0 Å². The number of amidine groups is 1. The van der Waals surface area contributed by atoms with Crippen LogP contribution in [-0.4, -0.2) is 11.0 Å². The van der Waals surface area contributed by atoms with Gasteiger partial charge in [-0.25, -0.2) is 0 Å². The Morgan fingerprint density at radius 1 is 1.30 bits per heavy atom. The van der Waals surface area contributed by atoms with E-state index in [1.165, 1.54) is 0 Å². The van der Waals surface area contributed by atoms with Crippen molar-refractivity contribution in [3.05, 3.63) is 63.1 Å². The largest absolute Gasteiger partial charge is 0.409 e. The molecular formula is C14H13BrClN3O. The molecule has 0 aliphatic carbocycles. The van der Waals surface area contributed by atoms with Gasteiger partial charge >= 0.3 is 0 Å². The van der Waals surface area contributed by atoms with Gasteiger partial charge in [0.15, 0.2) is 5.84 Å². The number of halogens is 2. The molecule has 0 aliphatic rings. The van der Waals surface area contributed by atoms with Crippen LogP contribution in [-0.2, 0) is 6.54 Å². The fourth-order valence-corrected chi connectivity index (χ4v) is 2.35. The minimum absolute atomic E-state index is 0.0402. The van der Waals surface area contributed by atoms with Gasteiger partial charge in [-0.1, -0.05) is 50.9 Å². The van der Waals surface area contributed by atoms with Crippen molar-refractivity contribution >= 4 is 39.1 Å². The number of hydrogen-bond donors (Lipinski definition) is 3. The Kier molecular flexibility index (Phi) is 4.87. The summed E-state index contributed by atoms with van der Waals surface area (Å²) in [5.41, 5.74) is 8.03. The number of nitrogens with two attached hydrogens (primary N) is 1. The molecule has 2 aromatic rings. The third-order valence-corrected chi connectivity index (χ3v) is 3.61. The summed E-state index contributed by atoms with van der Waals surface area (Å²) < 4.78 is 1.01. The van der Waals surface area contributed by atoms with Gasteiger partial charge in [-0.05, 0) is 29.8 Å². The van der Waals surface area contributed by atoms with Gasteiger partial charge in [0.05, 0.1) is 0 Å². The summed E-state index contributed by atoms with van der Waals surface area (Å²) in [5.74, 6) is 0.0402. The predicted octanol–water partition coefficient (Wildman–Crippen LogP) is 3.81. The van der Waals surface area contributed by atoms with Crippen molar-refractivity contribution in [2.45, 2.75) is 6.54 Å². The molecule has 0 saturated carbocycles. The van der Waals surface area contributed by atoms with E-state index in [4.69, 9.17) is 22.5 Å². The molecule has 2 aromatic carbocycles. The van der Waals surface area contributed by atoms with E-state index in [1.807, 2.05) is 30.3 Å². The number of hydrogen-bond acceptors (Lipinski definition) is 3. The molecule has 6 heteroatoms. The monoisotopic (exact) mass is 353 g/mol. The van der Waals surface area contributed by atoms with Gasteiger partial charge in [-0.3, -0.25) is 0 Å². The standard InChI is InChI=1S/C14H13BrClN3O/c15-11-2-1-3-12(7-11)18-8-10-5-4-9(6-13(10)16)14(17)19-20/h1-7,18,20H,8H2,(H2,17,19). The minimum atomic E-state index is 0.0402. The van der Waals surface area contributed by atoms with Gasteiger partial charge in [0.1, 0.15) is 0 Å². The molecule has 2 rings (SSSR count). The normalized spacial score (nSPS) is 11.4. The summed E-state index contributed by atoms with van der Waals surface area (Å²) in [6.45, 7) is 0.589. The van der Waals surface area contributed by atoms with E-state index >= 15 is 0 Å². The number of nitrogens with one attached hydrogen (secondary N) is 1. The zero-order valence-electron chi connectivity index (χ0n) is 10.5. The Labute approximate surface area is 130 Å². The van der Waals surface area contributed by atoms with Crippen LogP contribution in [0.2, 0.25) is 5.02 Å². The number of oxime groups is 1. The van der Waals surface area contributed by atoms with Crippen LogP contribution in [0.1, 0.15) is 11.1 Å². The quantitative estimate of drug-likeness (QED) is 0.338. The maximum Gasteiger partial charge on any atom is 0.170 e. The predicted molar refractivity (Wildman–Crippen MR) is 85.4 cm³/mol. The lowest BCUT2D eigenvalue weighted by Gasteiger charge is -2.09. The summed E-state index contributed by atoms with van der Waals surface area (Å²) in [6.07, 6.45) is 0. The second-order valence-corrected chi connectivity index (χ2v) is 5.48. The Morgan fingerprint density at radius 3 is 2.75 bits per heavy atom. The molecule has 0 atom stereocenters. The molecule has 0 fully saturated rings. The maximum atomic E-state index is 8.63. The van der Waals surface area contributed by atoms with Gasteiger partial charge in [0.25, 0.3) is 0 Å². The van der Waals surface area contributed by atoms with E-state index in [0.717, 1.165) is 15.7 Å². The van der Waals surface area contributed by atoms with Gasteiger partial charge in [0, 0.05) is 27.3 Å². The van der Waals surface area contributed by atoms with Gasteiger partial charge in [0.2, 0.25) is 0 Å². The van der Waals surface area contributed by atoms with E-state index in [0.29, 0.717) is 17.1 Å². The highest BCUT2D eigenvalue weighted by Gasteiger charge is 2.05. The highest BCUT2D eigenvalue weighted by Crippen LogP contribution is 2.21. The Morgan fingerprint density at radius 2 is 2.10 bits per heavy atom. The summed E-state index contributed by atoms with van der Waals surface area (Å²) in [7, 11) is 0. The molecule has 0 bridgehead atoms. The van der Waals surface area contributed by atoms with E-state index in [1.54, 1.807) is 12.1 Å². The van der Waals surface area contributed by atoms with Gasteiger partial charge in [-0.15, -0.1) is 0 Å². The van der Waals surface area contributed by atoms with Crippen molar-refractivity contribution in [1.29, 1.82) is 0 Å². The van der Waals surface area contributed by atoms with Gasteiger partial charge < -0.3 is 16.3 Å². The first kappa shape index (κ1) is 14.7. The lowest BCUT2D eigenvalue weighted by atomic mass is 10.1. The SMILES string of the molecule is N/C(=N/O)c1ccc(CNc2cccc(Br)c2)c(Cl)c1. The molecular weight excluding hydrogens is 342 g/mol. The zero-order chi connectivity index (χ0) is 14.5. The molecule has 104 valence electrons. The molecule has 4 N–H and O–H groups in total. The molecule has 0 saturated heterocycles. The summed E-state index contributed by atoms with van der Waals surface area (Å²) in [4.78, 5) is 0. The van der Waals surface area contributed by atoms with Crippen LogP contribution < -0.4 is 11.1 Å². The van der Waals surface area contributed by atoms with Crippen molar-refractivity contribution in [3.8, 4) is 0 Å². The van der Waals surface area contributed by atoms with E-state index in [-0.39, 0.29) is 5.84 Å². The van der Waals surface area contributed by atoms with Crippen LogP contribution in [0.5, 0.6) is 0 Å². The first-order valence-electron chi connectivity index (χ1n) is 5.86. The molecule has 4 nitrogen and oxygen atoms in total. The van der Waals surface area contributed by atoms with Crippen molar-refractivity contribution in [1.82, 2.24) is 0 Å². The van der Waals surface area contributed by atoms with Crippen molar-refractivity contribution in [2.75, 3.05) is 5.32 Å². The number of benzene rings is 2. The lowest BCUT2D eigenvalue weighted by molar-refractivity contribution is 0.318. The average Bonchev–Trinajstić information content (AvgIpc) is 2.45. The third kappa shape index (κ3) is 3.65. The topological polar surface area (TPSA) is 70.6 Å². The van der Waals surface area contributed by atoms with Crippen LogP contribution >= 0.6 is 27.5 Å². The molecule has 0 radical (unpaired) electrons. The number of rotatable bonds is 4. The summed E-state index contributed by atoms with van der Waals surface area (Å²) >= 11 is 9.61. The van der Waals surface area contributed by atoms with Crippen molar-refractivity contribution in [2.24, 2.45) is 10.9 Å². The average molecular weight is 355 g/mol. The van der Waals surface area contributed by atoms with Crippen molar-refractivity contribution in [3.63, 3.8) is 0 Å². The second kappa shape index (κ2) is 6.63. The summed E-state index contributed by atoms with van der Waals surface area (Å²) in [5, 5.41) is 15.4. The molecule has 0 heterocycles. The van der Waals surface area contributed by atoms with Crippen LogP contribution in [0.15, 0.2) is 52.1 Å². The van der Waals surface area contributed by atoms with E-state index in [9.17, 15) is 0 Å². The first-order valence-corrected chi connectivity index (χ1v) is 7.03. The minimum Gasteiger partial charge on any atom is -0.409 e. The highest BCUT2D eigenvalue weighted by atomic mass is 79.9. The molecule has 20 heavy (non-hydrogen) atoms. The maximum absolute atomic E-state index is 8.63. The smallest absolute Gasteiger partial charge is 0.170 e. The molecule has 0 amide bonds. The Bertz CT molecular complexity index is 646. The van der Waals surface area contributed by atoms with E-state index in [2.05, 4.69) is 26.4 Å². The third-order valence-electron chi connectivity index (χ3n) is 2.76. The lowest BCUT2D eigenvalue weighted by Crippen LogP contribution is -2.13. The van der Waals surface area contributed by atoms with Crippen LogP contribution in [0.4, 0.5) is 5.69 Å². The first-order chi connectivity index (χ1) is 9.60. The van der Waals surface area contributed by atoms with E-state index < -0.39 is 0 Å². The van der Waals surface area contributed by atoms with Crippen molar-refractivity contribution < 1.29 is 5.21 Å². The number of nitrogens with zero attached hydrogens (tertiary/aromatic N) is 1. The Hall–Kier alpha value is -1.72. The number of anilines is 1. The van der Waals surface area contributed by atoms with Crippen LogP contribution in [0.25, 0.3) is 0 Å².